The molecule has 3 amide bonds. The molecule has 2 aromatic carbocycles. The number of nitrogens with zero attached hydrogens (tertiary/aromatic N) is 1. The van der Waals surface area contributed by atoms with Crippen molar-refractivity contribution >= 4 is 29.3 Å². The summed E-state index contributed by atoms with van der Waals surface area (Å²) in [5.41, 5.74) is 9.40. The minimum absolute atomic E-state index is 0.135. The number of alkyl carbamates (subject to hydrolysis) is 1. The van der Waals surface area contributed by atoms with Gasteiger partial charge < -0.3 is 15.8 Å². The normalized spacial score (nSPS) is 11.4. The molecule has 8 nitrogen and oxygen atoms in total. The molecule has 0 saturated carbocycles. The zero-order valence-corrected chi connectivity index (χ0v) is 16.5. The number of primary amides is 1. The van der Waals surface area contributed by atoms with Gasteiger partial charge in [-0.15, -0.1) is 0 Å². The molecular weight excluding hydrogens is 372 g/mol. The highest BCUT2D eigenvalue weighted by Gasteiger charge is 2.26. The molecular formula is C21H26N4O4. The Bertz CT molecular complexity index is 772. The minimum Gasteiger partial charge on any atom is -0.449 e. The van der Waals surface area contributed by atoms with Gasteiger partial charge in [0.25, 0.3) is 5.91 Å². The largest absolute Gasteiger partial charge is 0.449 e. The first-order chi connectivity index (χ1) is 13.9. The third-order valence-corrected chi connectivity index (χ3v) is 3.81. The van der Waals surface area contributed by atoms with Crippen molar-refractivity contribution in [2.75, 3.05) is 11.6 Å². The topological polar surface area (TPSA) is 114 Å². The summed E-state index contributed by atoms with van der Waals surface area (Å²) in [7, 11) is 0. The number of hydrazine groups is 1. The van der Waals surface area contributed by atoms with E-state index in [0.29, 0.717) is 11.4 Å². The number of ether oxygens (including phenoxy) is 1. The average Bonchev–Trinajstić information content (AvgIpc) is 2.70. The minimum atomic E-state index is -1.18. The lowest BCUT2D eigenvalue weighted by molar-refractivity contribution is -0.127. The molecule has 29 heavy (non-hydrogen) atoms. The van der Waals surface area contributed by atoms with Crippen molar-refractivity contribution in [3.05, 3.63) is 60.7 Å². The summed E-state index contributed by atoms with van der Waals surface area (Å²) in [5.74, 6) is -1.19. The van der Waals surface area contributed by atoms with E-state index in [9.17, 15) is 14.4 Å². The zero-order valence-electron chi connectivity index (χ0n) is 16.5. The maximum atomic E-state index is 12.9. The van der Waals surface area contributed by atoms with Crippen LogP contribution in [0.15, 0.2) is 60.7 Å². The molecule has 1 atom stereocenters. The van der Waals surface area contributed by atoms with Crippen molar-refractivity contribution in [3.63, 3.8) is 0 Å². The Morgan fingerprint density at radius 3 is 1.93 bits per heavy atom. The number of anilines is 2. The number of para-hydroxylation sites is 2. The maximum Gasteiger partial charge on any atom is 0.407 e. The molecule has 0 aliphatic carbocycles. The van der Waals surface area contributed by atoms with Gasteiger partial charge in [0.1, 0.15) is 6.04 Å². The van der Waals surface area contributed by atoms with Gasteiger partial charge in [-0.2, -0.15) is 0 Å². The van der Waals surface area contributed by atoms with Crippen molar-refractivity contribution in [1.29, 1.82) is 0 Å². The number of nitrogens with one attached hydrogen (secondary N) is 2. The smallest absolute Gasteiger partial charge is 0.407 e. The van der Waals surface area contributed by atoms with Crippen LogP contribution < -0.4 is 21.5 Å². The highest BCUT2D eigenvalue weighted by atomic mass is 16.5. The average molecular weight is 398 g/mol. The van der Waals surface area contributed by atoms with Crippen LogP contribution in [-0.4, -0.2) is 30.6 Å². The van der Waals surface area contributed by atoms with E-state index in [4.69, 9.17) is 10.5 Å². The van der Waals surface area contributed by atoms with Crippen molar-refractivity contribution < 1.29 is 19.1 Å². The van der Waals surface area contributed by atoms with Crippen LogP contribution in [0.1, 0.15) is 20.3 Å². The molecule has 0 aliphatic rings. The fourth-order valence-corrected chi connectivity index (χ4v) is 2.46. The quantitative estimate of drug-likeness (QED) is 0.562. The fourth-order valence-electron chi connectivity index (χ4n) is 2.46. The van der Waals surface area contributed by atoms with Crippen LogP contribution >= 0.6 is 0 Å². The molecule has 0 spiro atoms. The highest BCUT2D eigenvalue weighted by Crippen LogP contribution is 2.22. The number of hydrogen-bond acceptors (Lipinski definition) is 5. The molecule has 4 N–H and O–H groups in total. The first-order valence-corrected chi connectivity index (χ1v) is 9.29. The Morgan fingerprint density at radius 2 is 1.48 bits per heavy atom. The van der Waals surface area contributed by atoms with Crippen molar-refractivity contribution in [2.24, 2.45) is 11.7 Å². The molecule has 2 rings (SSSR count). The first-order valence-electron chi connectivity index (χ1n) is 9.29. The number of carbonyl (C=O) groups is 3. The predicted molar refractivity (Wildman–Crippen MR) is 110 cm³/mol. The summed E-state index contributed by atoms with van der Waals surface area (Å²) in [5, 5.41) is 3.98. The molecule has 0 heterocycles. The molecule has 0 fully saturated rings. The Kier molecular flexibility index (Phi) is 8.02. The van der Waals surface area contributed by atoms with Crippen molar-refractivity contribution in [3.8, 4) is 0 Å². The second-order valence-corrected chi connectivity index (χ2v) is 6.84. The van der Waals surface area contributed by atoms with Gasteiger partial charge >= 0.3 is 6.09 Å². The third kappa shape index (κ3) is 7.17. The van der Waals surface area contributed by atoms with Gasteiger partial charge in [-0.3, -0.25) is 20.0 Å². The summed E-state index contributed by atoms with van der Waals surface area (Å²) in [6.07, 6.45) is -1.15. The molecule has 8 heteroatoms. The van der Waals surface area contributed by atoms with E-state index >= 15 is 0 Å². The van der Waals surface area contributed by atoms with Crippen molar-refractivity contribution in [2.45, 2.75) is 26.3 Å². The SMILES string of the molecule is CC(C)COC(=O)N[C@@H](CC(N)=O)C(=O)NN(c1ccccc1)c1ccccc1. The second kappa shape index (κ2) is 10.7. The van der Waals surface area contributed by atoms with Gasteiger partial charge in [0.05, 0.1) is 24.4 Å². The Morgan fingerprint density at radius 1 is 0.966 bits per heavy atom. The lowest BCUT2D eigenvalue weighted by Crippen LogP contribution is -2.52. The number of rotatable bonds is 9. The fraction of sp³-hybridized carbons (Fsp3) is 0.286. The molecule has 154 valence electrons. The molecule has 0 bridgehead atoms. The Balaban J connectivity index is 2.19. The molecule has 2 aromatic rings. The summed E-state index contributed by atoms with van der Waals surface area (Å²) in [4.78, 5) is 36.3. The van der Waals surface area contributed by atoms with Gasteiger partial charge in [-0.05, 0) is 30.2 Å². The lowest BCUT2D eigenvalue weighted by atomic mass is 10.2. The van der Waals surface area contributed by atoms with Gasteiger partial charge in [0.15, 0.2) is 0 Å². The second-order valence-electron chi connectivity index (χ2n) is 6.84. The van der Waals surface area contributed by atoms with E-state index in [1.165, 1.54) is 0 Å². The molecule has 0 unspecified atom stereocenters. The van der Waals surface area contributed by atoms with Crippen LogP contribution in [0.4, 0.5) is 16.2 Å². The Labute approximate surface area is 170 Å². The summed E-state index contributed by atoms with van der Waals surface area (Å²) < 4.78 is 5.04. The molecule has 0 saturated heterocycles. The van der Waals surface area contributed by atoms with Crippen LogP contribution in [-0.2, 0) is 14.3 Å². The van der Waals surface area contributed by atoms with Gasteiger partial charge in [-0.25, -0.2) is 4.79 Å². The van der Waals surface area contributed by atoms with E-state index < -0.39 is 23.9 Å². The van der Waals surface area contributed by atoms with Crippen molar-refractivity contribution in [1.82, 2.24) is 10.7 Å². The zero-order chi connectivity index (χ0) is 21.2. The lowest BCUT2D eigenvalue weighted by Gasteiger charge is -2.27. The van der Waals surface area contributed by atoms with E-state index in [0.717, 1.165) is 0 Å². The van der Waals surface area contributed by atoms with Crippen LogP contribution in [0.2, 0.25) is 0 Å². The maximum absolute atomic E-state index is 12.9. The van der Waals surface area contributed by atoms with Gasteiger partial charge in [-0.1, -0.05) is 50.2 Å². The highest BCUT2D eigenvalue weighted by molar-refractivity contribution is 5.92. The molecule has 0 radical (unpaired) electrons. The number of carbonyl (C=O) groups excluding carboxylic acids is 3. The van der Waals surface area contributed by atoms with Crippen LogP contribution in [0, 0.1) is 5.92 Å². The number of benzene rings is 2. The predicted octanol–water partition coefficient (Wildman–Crippen LogP) is 2.48. The molecule has 0 aromatic heterocycles. The van der Waals surface area contributed by atoms with E-state index in [2.05, 4.69) is 10.7 Å². The monoisotopic (exact) mass is 398 g/mol. The van der Waals surface area contributed by atoms with Gasteiger partial charge in [0.2, 0.25) is 5.91 Å². The number of hydrogen-bond donors (Lipinski definition) is 3. The summed E-state index contributed by atoms with van der Waals surface area (Å²) in [6.45, 7) is 3.97. The van der Waals surface area contributed by atoms with Crippen LogP contribution in [0.5, 0.6) is 0 Å². The Hall–Kier alpha value is -3.55. The molecule has 0 aliphatic heterocycles. The standard InChI is InChI=1S/C21H26N4O4/c1-15(2)14-29-21(28)23-18(13-19(22)26)20(27)24-25(16-9-5-3-6-10-16)17-11-7-4-8-12-17/h3-12,15,18H,13-14H2,1-2H3,(H2,22,26)(H,23,28)(H,24,27)/t18-/m0/s1. The van der Waals surface area contributed by atoms with Crippen LogP contribution in [0.3, 0.4) is 0 Å². The van der Waals surface area contributed by atoms with Gasteiger partial charge in [0, 0.05) is 0 Å². The van der Waals surface area contributed by atoms with E-state index in [1.807, 2.05) is 74.5 Å². The third-order valence-electron chi connectivity index (χ3n) is 3.81. The number of nitrogens with two attached hydrogens (primary N) is 1. The summed E-state index contributed by atoms with van der Waals surface area (Å²) >= 11 is 0. The summed E-state index contributed by atoms with van der Waals surface area (Å²) in [6, 6.07) is 17.2. The van der Waals surface area contributed by atoms with E-state index in [1.54, 1.807) is 5.01 Å². The van der Waals surface area contributed by atoms with E-state index in [-0.39, 0.29) is 18.9 Å². The van der Waals surface area contributed by atoms with Crippen LogP contribution in [0.25, 0.3) is 0 Å². The number of amides is 3. The first kappa shape index (κ1) is 21.7.